The maximum Gasteiger partial charge on any atom is 0.180 e. The Kier molecular flexibility index (Phi) is 2.10. The molecule has 0 unspecified atom stereocenters. The van der Waals surface area contributed by atoms with Gasteiger partial charge in [0, 0.05) is 33.4 Å². The minimum Gasteiger partial charge on any atom is -0.375 e. The van der Waals surface area contributed by atoms with Crippen LogP contribution in [-0.4, -0.2) is 15.0 Å². The van der Waals surface area contributed by atoms with E-state index in [1.54, 1.807) is 6.20 Å². The van der Waals surface area contributed by atoms with Gasteiger partial charge in [0.1, 0.15) is 5.65 Å². The van der Waals surface area contributed by atoms with Gasteiger partial charge in [-0.25, -0.2) is 9.97 Å². The van der Waals surface area contributed by atoms with Gasteiger partial charge < -0.3 is 10.7 Å². The lowest BCUT2D eigenvalue weighted by Crippen LogP contribution is -1.82. The molecule has 0 fully saturated rings. The number of rotatable bonds is 1. The fraction of sp³-hybridized carbons (Fsp3) is 0. The van der Waals surface area contributed by atoms with E-state index in [0.717, 1.165) is 33.2 Å². The van der Waals surface area contributed by atoms with Crippen molar-refractivity contribution >= 4 is 38.4 Å². The molecule has 3 heterocycles. The Bertz CT molecular complexity index is 891. The Morgan fingerprint density at radius 3 is 2.95 bits per heavy atom. The van der Waals surface area contributed by atoms with Crippen LogP contribution in [0.1, 0.15) is 0 Å². The average Bonchev–Trinajstić information content (AvgIpc) is 3.01. The lowest BCUT2D eigenvalue weighted by atomic mass is 10.1. The van der Waals surface area contributed by atoms with Crippen molar-refractivity contribution in [2.45, 2.75) is 0 Å². The third kappa shape index (κ3) is 1.59. The zero-order chi connectivity index (χ0) is 12.8. The van der Waals surface area contributed by atoms with Crippen LogP contribution in [0.3, 0.4) is 0 Å². The number of benzene rings is 1. The molecule has 0 radical (unpaired) electrons. The standard InChI is InChI=1S/C14H10N4S/c15-14-18-12(7-19-14)8-3-4-11-10(6-8)9-2-1-5-16-13(9)17-11/h1-7H,(H2,15,18)(H,16,17). The van der Waals surface area contributed by atoms with Crippen LogP contribution in [0.15, 0.2) is 41.9 Å². The lowest BCUT2D eigenvalue weighted by Gasteiger charge is -1.97. The Morgan fingerprint density at radius 2 is 2.11 bits per heavy atom. The first-order valence-corrected chi connectivity index (χ1v) is 6.77. The Labute approximate surface area is 112 Å². The van der Waals surface area contributed by atoms with Crippen molar-refractivity contribution in [3.05, 3.63) is 41.9 Å². The molecule has 5 heteroatoms. The highest BCUT2D eigenvalue weighted by atomic mass is 32.1. The summed E-state index contributed by atoms with van der Waals surface area (Å²) in [5, 5.41) is 4.86. The van der Waals surface area contributed by atoms with Gasteiger partial charge in [0.2, 0.25) is 0 Å². The fourth-order valence-corrected chi connectivity index (χ4v) is 2.88. The van der Waals surface area contributed by atoms with Crippen molar-refractivity contribution < 1.29 is 0 Å². The average molecular weight is 266 g/mol. The molecule has 0 bridgehead atoms. The molecule has 92 valence electrons. The SMILES string of the molecule is Nc1nc(-c2ccc3[nH]c4ncccc4c3c2)cs1. The molecule has 3 aromatic heterocycles. The second kappa shape index (κ2) is 3.80. The third-order valence-corrected chi connectivity index (χ3v) is 3.86. The Morgan fingerprint density at radius 1 is 1.16 bits per heavy atom. The summed E-state index contributed by atoms with van der Waals surface area (Å²) in [4.78, 5) is 12.0. The number of pyridine rings is 1. The zero-order valence-electron chi connectivity index (χ0n) is 9.92. The van der Waals surface area contributed by atoms with Gasteiger partial charge in [-0.3, -0.25) is 0 Å². The van der Waals surface area contributed by atoms with Gasteiger partial charge in [0.25, 0.3) is 0 Å². The Hall–Kier alpha value is -2.40. The van der Waals surface area contributed by atoms with Crippen molar-refractivity contribution in [2.75, 3.05) is 5.73 Å². The van der Waals surface area contributed by atoms with Crippen LogP contribution in [-0.2, 0) is 0 Å². The number of nitrogens with zero attached hydrogens (tertiary/aromatic N) is 2. The highest BCUT2D eigenvalue weighted by Crippen LogP contribution is 2.30. The first-order valence-electron chi connectivity index (χ1n) is 5.89. The van der Waals surface area contributed by atoms with Crippen molar-refractivity contribution in [1.29, 1.82) is 0 Å². The molecule has 0 aliphatic heterocycles. The molecule has 4 rings (SSSR count). The second-order valence-corrected chi connectivity index (χ2v) is 5.25. The number of anilines is 1. The lowest BCUT2D eigenvalue weighted by molar-refractivity contribution is 1.35. The number of aromatic nitrogens is 3. The van der Waals surface area contributed by atoms with Crippen LogP contribution < -0.4 is 5.73 Å². The molecule has 0 aliphatic rings. The molecule has 0 amide bonds. The fourth-order valence-electron chi connectivity index (χ4n) is 2.31. The number of hydrogen-bond donors (Lipinski definition) is 2. The number of fused-ring (bicyclic) bond motifs is 3. The van der Waals surface area contributed by atoms with E-state index in [1.165, 1.54) is 11.3 Å². The Balaban J connectivity index is 2.02. The maximum absolute atomic E-state index is 5.69. The summed E-state index contributed by atoms with van der Waals surface area (Å²) in [5.74, 6) is 0. The summed E-state index contributed by atoms with van der Waals surface area (Å²) in [6.45, 7) is 0. The number of hydrogen-bond acceptors (Lipinski definition) is 4. The molecule has 3 N–H and O–H groups in total. The van der Waals surface area contributed by atoms with Gasteiger partial charge in [0.15, 0.2) is 5.13 Å². The molecule has 0 saturated heterocycles. The quantitative estimate of drug-likeness (QED) is 0.554. The highest BCUT2D eigenvalue weighted by Gasteiger charge is 2.08. The largest absolute Gasteiger partial charge is 0.375 e. The van der Waals surface area contributed by atoms with E-state index >= 15 is 0 Å². The normalized spacial score (nSPS) is 11.4. The van der Waals surface area contributed by atoms with Gasteiger partial charge in [-0.15, -0.1) is 11.3 Å². The van der Waals surface area contributed by atoms with Gasteiger partial charge in [-0.1, -0.05) is 6.07 Å². The first-order chi connectivity index (χ1) is 9.31. The van der Waals surface area contributed by atoms with Crippen molar-refractivity contribution in [2.24, 2.45) is 0 Å². The van der Waals surface area contributed by atoms with E-state index in [4.69, 9.17) is 5.73 Å². The number of H-pyrrole nitrogens is 1. The van der Waals surface area contributed by atoms with Crippen molar-refractivity contribution in [3.8, 4) is 11.3 Å². The number of nitrogens with one attached hydrogen (secondary N) is 1. The van der Waals surface area contributed by atoms with Crippen LogP contribution in [0.25, 0.3) is 33.2 Å². The molecule has 0 saturated carbocycles. The van der Waals surface area contributed by atoms with Crippen LogP contribution in [0, 0.1) is 0 Å². The predicted octanol–water partition coefficient (Wildman–Crippen LogP) is 3.42. The van der Waals surface area contributed by atoms with Crippen LogP contribution in [0.2, 0.25) is 0 Å². The summed E-state index contributed by atoms with van der Waals surface area (Å²) >= 11 is 1.46. The summed E-state index contributed by atoms with van der Waals surface area (Å²) < 4.78 is 0. The molecule has 0 aliphatic carbocycles. The van der Waals surface area contributed by atoms with Crippen LogP contribution >= 0.6 is 11.3 Å². The van der Waals surface area contributed by atoms with Crippen molar-refractivity contribution in [1.82, 2.24) is 15.0 Å². The maximum atomic E-state index is 5.69. The van der Waals surface area contributed by atoms with E-state index in [2.05, 4.69) is 33.2 Å². The molecule has 4 nitrogen and oxygen atoms in total. The molecule has 0 spiro atoms. The van der Waals surface area contributed by atoms with Crippen LogP contribution in [0.4, 0.5) is 5.13 Å². The van der Waals surface area contributed by atoms with E-state index in [1.807, 2.05) is 17.5 Å². The van der Waals surface area contributed by atoms with Crippen LogP contribution in [0.5, 0.6) is 0 Å². The highest BCUT2D eigenvalue weighted by molar-refractivity contribution is 7.13. The molecule has 1 aromatic carbocycles. The second-order valence-electron chi connectivity index (χ2n) is 4.36. The van der Waals surface area contributed by atoms with E-state index < -0.39 is 0 Å². The zero-order valence-corrected chi connectivity index (χ0v) is 10.7. The third-order valence-electron chi connectivity index (χ3n) is 3.19. The summed E-state index contributed by atoms with van der Waals surface area (Å²) in [7, 11) is 0. The minimum absolute atomic E-state index is 0.593. The summed E-state index contributed by atoms with van der Waals surface area (Å²) in [6, 6.07) is 10.3. The molecule has 19 heavy (non-hydrogen) atoms. The summed E-state index contributed by atoms with van der Waals surface area (Å²) in [5.41, 5.74) is 9.68. The number of thiazole rings is 1. The van der Waals surface area contributed by atoms with E-state index in [-0.39, 0.29) is 0 Å². The number of aromatic amines is 1. The van der Waals surface area contributed by atoms with Gasteiger partial charge in [-0.2, -0.15) is 0 Å². The first kappa shape index (κ1) is 10.5. The predicted molar refractivity (Wildman–Crippen MR) is 79.1 cm³/mol. The van der Waals surface area contributed by atoms with Crippen molar-refractivity contribution in [3.63, 3.8) is 0 Å². The van der Waals surface area contributed by atoms with Gasteiger partial charge >= 0.3 is 0 Å². The minimum atomic E-state index is 0.593. The van der Waals surface area contributed by atoms with E-state index in [0.29, 0.717) is 5.13 Å². The van der Waals surface area contributed by atoms with Gasteiger partial charge in [-0.05, 0) is 24.3 Å². The monoisotopic (exact) mass is 266 g/mol. The molecular formula is C14H10N4S. The topological polar surface area (TPSA) is 67.6 Å². The molecular weight excluding hydrogens is 256 g/mol. The molecule has 4 aromatic rings. The van der Waals surface area contributed by atoms with Gasteiger partial charge in [0.05, 0.1) is 5.69 Å². The summed E-state index contributed by atoms with van der Waals surface area (Å²) in [6.07, 6.45) is 1.79. The number of nitrogen functional groups attached to an aromatic ring is 1. The molecule has 0 atom stereocenters. The van der Waals surface area contributed by atoms with E-state index in [9.17, 15) is 0 Å². The smallest absolute Gasteiger partial charge is 0.180 e. The number of nitrogens with two attached hydrogens (primary N) is 1.